The predicted octanol–water partition coefficient (Wildman–Crippen LogP) is 1.73. The van der Waals surface area contributed by atoms with Gasteiger partial charge in [-0.05, 0) is 18.9 Å². The molecule has 4 nitrogen and oxygen atoms in total. The van der Waals surface area contributed by atoms with E-state index in [0.717, 1.165) is 24.8 Å². The molecule has 0 unspecified atom stereocenters. The van der Waals surface area contributed by atoms with E-state index < -0.39 is 0 Å². The number of fused-ring (bicyclic) bond motifs is 1. The highest BCUT2D eigenvalue weighted by Crippen LogP contribution is 2.29. The topological polar surface area (TPSA) is 37.4 Å². The fourth-order valence-corrected chi connectivity index (χ4v) is 2.75. The van der Waals surface area contributed by atoms with Crippen LogP contribution in [0.5, 0.6) is 5.75 Å². The molecule has 0 spiro atoms. The molecular formula is C12H19Cl2N3O. The third kappa shape index (κ3) is 2.82. The smallest absolute Gasteiger partial charge is 0.139 e. The standard InChI is InChI=1S/C12H17N3O.2ClH/c1-16-11-4-10(5-13-6-11)15-7-9-2-3-14-12(9)8-15;;/h4-6,9,12,14H,2-3,7-8H2,1H3;2*1H/t9-,12+;;/m1../s1. The molecule has 102 valence electrons. The molecule has 0 amide bonds. The van der Waals surface area contributed by atoms with E-state index in [2.05, 4.69) is 21.3 Å². The van der Waals surface area contributed by atoms with Gasteiger partial charge in [-0.25, -0.2) is 0 Å². The number of anilines is 1. The number of nitrogens with zero attached hydrogens (tertiary/aromatic N) is 2. The Morgan fingerprint density at radius 3 is 2.89 bits per heavy atom. The zero-order valence-corrected chi connectivity index (χ0v) is 12.0. The molecule has 3 heterocycles. The summed E-state index contributed by atoms with van der Waals surface area (Å²) in [6.45, 7) is 3.42. The highest BCUT2D eigenvalue weighted by molar-refractivity contribution is 5.85. The molecule has 2 fully saturated rings. The van der Waals surface area contributed by atoms with Gasteiger partial charge in [0.25, 0.3) is 0 Å². The molecule has 0 bridgehead atoms. The van der Waals surface area contributed by atoms with Crippen molar-refractivity contribution in [1.82, 2.24) is 10.3 Å². The van der Waals surface area contributed by atoms with Crippen molar-refractivity contribution in [2.45, 2.75) is 12.5 Å². The molecule has 3 rings (SSSR count). The Morgan fingerprint density at radius 2 is 2.17 bits per heavy atom. The van der Waals surface area contributed by atoms with Crippen molar-refractivity contribution in [1.29, 1.82) is 0 Å². The molecule has 1 N–H and O–H groups in total. The van der Waals surface area contributed by atoms with E-state index in [4.69, 9.17) is 4.74 Å². The van der Waals surface area contributed by atoms with Crippen molar-refractivity contribution < 1.29 is 4.74 Å². The second-order valence-corrected chi connectivity index (χ2v) is 4.60. The average molecular weight is 292 g/mol. The van der Waals surface area contributed by atoms with E-state index in [0.29, 0.717) is 6.04 Å². The van der Waals surface area contributed by atoms with Crippen molar-refractivity contribution in [3.05, 3.63) is 18.5 Å². The first-order chi connectivity index (χ1) is 7.86. The Labute approximate surface area is 120 Å². The maximum Gasteiger partial charge on any atom is 0.139 e. The SMILES string of the molecule is COc1cncc(N2C[C@H]3CCN[C@H]3C2)c1.Cl.Cl. The second-order valence-electron chi connectivity index (χ2n) is 4.60. The van der Waals surface area contributed by atoms with Crippen LogP contribution in [0, 0.1) is 5.92 Å². The lowest BCUT2D eigenvalue weighted by molar-refractivity contribution is 0.413. The highest BCUT2D eigenvalue weighted by Gasteiger charge is 2.36. The summed E-state index contributed by atoms with van der Waals surface area (Å²) in [5.41, 5.74) is 1.18. The Hall–Kier alpha value is -0.710. The van der Waals surface area contributed by atoms with Gasteiger partial charge in [-0.2, -0.15) is 0 Å². The fraction of sp³-hybridized carbons (Fsp3) is 0.583. The van der Waals surface area contributed by atoms with Crippen LogP contribution in [0.4, 0.5) is 5.69 Å². The summed E-state index contributed by atoms with van der Waals surface area (Å²) in [7, 11) is 1.68. The van der Waals surface area contributed by atoms with Crippen molar-refractivity contribution in [2.75, 3.05) is 31.6 Å². The largest absolute Gasteiger partial charge is 0.495 e. The Bertz CT molecular complexity index is 379. The average Bonchev–Trinajstić information content (AvgIpc) is 2.89. The van der Waals surface area contributed by atoms with Crippen LogP contribution >= 0.6 is 24.8 Å². The molecule has 2 atom stereocenters. The number of hydrogen-bond donors (Lipinski definition) is 1. The third-order valence-corrected chi connectivity index (χ3v) is 3.66. The van der Waals surface area contributed by atoms with Crippen molar-refractivity contribution in [3.63, 3.8) is 0 Å². The van der Waals surface area contributed by atoms with Gasteiger partial charge in [-0.15, -0.1) is 24.8 Å². The summed E-state index contributed by atoms with van der Waals surface area (Å²) in [5, 5.41) is 3.55. The Balaban J connectivity index is 0.000000810. The Kier molecular flexibility index (Phi) is 5.50. The number of rotatable bonds is 2. The minimum Gasteiger partial charge on any atom is -0.495 e. The lowest BCUT2D eigenvalue weighted by atomic mass is 10.1. The second kappa shape index (κ2) is 6.45. The lowest BCUT2D eigenvalue weighted by Gasteiger charge is -2.19. The first kappa shape index (κ1) is 15.3. The van der Waals surface area contributed by atoms with Gasteiger partial charge in [0.1, 0.15) is 5.75 Å². The van der Waals surface area contributed by atoms with Gasteiger partial charge in [-0.1, -0.05) is 0 Å². The van der Waals surface area contributed by atoms with E-state index in [9.17, 15) is 0 Å². The third-order valence-electron chi connectivity index (χ3n) is 3.66. The quantitative estimate of drug-likeness (QED) is 0.901. The number of nitrogens with one attached hydrogen (secondary N) is 1. The van der Waals surface area contributed by atoms with Gasteiger partial charge in [0.15, 0.2) is 0 Å². The molecule has 6 heteroatoms. The van der Waals surface area contributed by atoms with Crippen LogP contribution < -0.4 is 15.0 Å². The Morgan fingerprint density at radius 1 is 1.33 bits per heavy atom. The van der Waals surface area contributed by atoms with Gasteiger partial charge in [0.2, 0.25) is 0 Å². The molecule has 0 radical (unpaired) electrons. The summed E-state index contributed by atoms with van der Waals surface area (Å²) in [5.74, 6) is 1.65. The van der Waals surface area contributed by atoms with Gasteiger partial charge in [0.05, 0.1) is 25.2 Å². The summed E-state index contributed by atoms with van der Waals surface area (Å²) in [6, 6.07) is 2.74. The van der Waals surface area contributed by atoms with Gasteiger partial charge in [-0.3, -0.25) is 4.98 Å². The zero-order valence-electron chi connectivity index (χ0n) is 10.3. The highest BCUT2D eigenvalue weighted by atomic mass is 35.5. The van der Waals surface area contributed by atoms with E-state index in [1.807, 2.05) is 6.20 Å². The van der Waals surface area contributed by atoms with Crippen LogP contribution in [-0.4, -0.2) is 37.8 Å². The molecule has 18 heavy (non-hydrogen) atoms. The molecular weight excluding hydrogens is 273 g/mol. The van der Waals surface area contributed by atoms with E-state index in [-0.39, 0.29) is 24.8 Å². The molecule has 0 saturated carbocycles. The van der Waals surface area contributed by atoms with E-state index in [1.165, 1.54) is 18.7 Å². The number of ether oxygens (including phenoxy) is 1. The van der Waals surface area contributed by atoms with Crippen LogP contribution in [0.2, 0.25) is 0 Å². The number of halogens is 2. The van der Waals surface area contributed by atoms with Gasteiger partial charge < -0.3 is 15.0 Å². The van der Waals surface area contributed by atoms with Crippen molar-refractivity contribution in [2.24, 2.45) is 5.92 Å². The maximum atomic E-state index is 5.20. The van der Waals surface area contributed by atoms with Crippen LogP contribution in [0.1, 0.15) is 6.42 Å². The number of methoxy groups -OCH3 is 1. The monoisotopic (exact) mass is 291 g/mol. The minimum absolute atomic E-state index is 0. The number of aromatic nitrogens is 1. The van der Waals surface area contributed by atoms with E-state index >= 15 is 0 Å². The van der Waals surface area contributed by atoms with E-state index in [1.54, 1.807) is 13.3 Å². The fourth-order valence-electron chi connectivity index (χ4n) is 2.75. The molecule has 0 aliphatic carbocycles. The zero-order chi connectivity index (χ0) is 11.0. The van der Waals surface area contributed by atoms with Crippen LogP contribution in [0.3, 0.4) is 0 Å². The molecule has 1 aromatic rings. The summed E-state index contributed by atoms with van der Waals surface area (Å²) in [4.78, 5) is 6.61. The molecule has 2 aliphatic heterocycles. The molecule has 2 aliphatic rings. The molecule has 0 aromatic carbocycles. The summed E-state index contributed by atoms with van der Waals surface area (Å²) < 4.78 is 5.20. The van der Waals surface area contributed by atoms with Crippen LogP contribution in [0.15, 0.2) is 18.5 Å². The minimum atomic E-state index is 0. The van der Waals surface area contributed by atoms with Crippen molar-refractivity contribution in [3.8, 4) is 5.75 Å². The molecule has 2 saturated heterocycles. The van der Waals surface area contributed by atoms with Crippen LogP contribution in [0.25, 0.3) is 0 Å². The first-order valence-electron chi connectivity index (χ1n) is 5.84. The van der Waals surface area contributed by atoms with Gasteiger partial charge in [0, 0.05) is 25.2 Å². The predicted molar refractivity (Wildman–Crippen MR) is 77.4 cm³/mol. The number of pyridine rings is 1. The van der Waals surface area contributed by atoms with Crippen LogP contribution in [-0.2, 0) is 0 Å². The van der Waals surface area contributed by atoms with Gasteiger partial charge >= 0.3 is 0 Å². The summed E-state index contributed by atoms with van der Waals surface area (Å²) in [6.07, 6.45) is 4.97. The van der Waals surface area contributed by atoms with Crippen molar-refractivity contribution >= 4 is 30.5 Å². The molecule has 1 aromatic heterocycles. The maximum absolute atomic E-state index is 5.20. The normalized spacial score (nSPS) is 25.1. The lowest BCUT2D eigenvalue weighted by Crippen LogP contribution is -2.30. The summed E-state index contributed by atoms with van der Waals surface area (Å²) >= 11 is 0. The first-order valence-corrected chi connectivity index (χ1v) is 5.84. The number of hydrogen-bond acceptors (Lipinski definition) is 4.